The van der Waals surface area contributed by atoms with Crippen LogP contribution in [0.25, 0.3) is 0 Å². The van der Waals surface area contributed by atoms with Gasteiger partial charge in [-0.15, -0.1) is 0 Å². The third kappa shape index (κ3) is 3.72. The monoisotopic (exact) mass is 234 g/mol. The number of carbonyl (C=O) groups excluding carboxylic acids is 1. The third-order valence-electron chi connectivity index (χ3n) is 3.22. The number of piperidine rings is 1. The van der Waals surface area contributed by atoms with E-state index in [0.29, 0.717) is 5.92 Å². The molecule has 2 atom stereocenters. The lowest BCUT2D eigenvalue weighted by molar-refractivity contribution is -0.133. The molecule has 1 aliphatic heterocycles. The number of rotatable bonds is 4. The van der Waals surface area contributed by atoms with Crippen LogP contribution in [0.5, 0.6) is 0 Å². The van der Waals surface area contributed by atoms with Crippen LogP contribution < -0.4 is 5.32 Å². The van der Waals surface area contributed by atoms with Gasteiger partial charge in [0.15, 0.2) is 0 Å². The SMILES string of the molecule is CCC1CCNC(C(=O)N(CC#N)CC#N)C1. The maximum absolute atomic E-state index is 12.1. The van der Waals surface area contributed by atoms with Crippen molar-refractivity contribution in [2.24, 2.45) is 5.92 Å². The summed E-state index contributed by atoms with van der Waals surface area (Å²) >= 11 is 0. The molecule has 1 aliphatic rings. The van der Waals surface area contributed by atoms with E-state index >= 15 is 0 Å². The quantitative estimate of drug-likeness (QED) is 0.724. The number of carbonyl (C=O) groups is 1. The number of nitrogens with one attached hydrogen (secondary N) is 1. The lowest BCUT2D eigenvalue weighted by Crippen LogP contribution is -2.50. The van der Waals surface area contributed by atoms with E-state index < -0.39 is 0 Å². The fourth-order valence-corrected chi connectivity index (χ4v) is 2.16. The minimum atomic E-state index is -0.226. The molecule has 1 fully saturated rings. The van der Waals surface area contributed by atoms with Gasteiger partial charge in [0.2, 0.25) is 5.91 Å². The molecule has 1 N–H and O–H groups in total. The molecule has 0 aliphatic carbocycles. The first-order chi connectivity index (χ1) is 8.22. The van der Waals surface area contributed by atoms with Crippen molar-refractivity contribution < 1.29 is 4.79 Å². The largest absolute Gasteiger partial charge is 0.315 e. The van der Waals surface area contributed by atoms with Gasteiger partial charge in [0.1, 0.15) is 13.1 Å². The molecule has 17 heavy (non-hydrogen) atoms. The van der Waals surface area contributed by atoms with Crippen molar-refractivity contribution in [1.29, 1.82) is 10.5 Å². The second-order valence-electron chi connectivity index (χ2n) is 4.32. The minimum absolute atomic E-state index is 0.0125. The Morgan fingerprint density at radius 3 is 2.59 bits per heavy atom. The average molecular weight is 234 g/mol. The highest BCUT2D eigenvalue weighted by Crippen LogP contribution is 2.20. The van der Waals surface area contributed by atoms with Crippen molar-refractivity contribution in [1.82, 2.24) is 10.2 Å². The Morgan fingerprint density at radius 2 is 2.06 bits per heavy atom. The maximum Gasteiger partial charge on any atom is 0.241 e. The summed E-state index contributed by atoms with van der Waals surface area (Å²) < 4.78 is 0. The van der Waals surface area contributed by atoms with Crippen molar-refractivity contribution in [3.63, 3.8) is 0 Å². The summed E-state index contributed by atoms with van der Waals surface area (Å²) in [6.45, 7) is 2.93. The van der Waals surface area contributed by atoms with E-state index in [9.17, 15) is 4.79 Å². The lowest BCUT2D eigenvalue weighted by Gasteiger charge is -2.31. The molecule has 0 saturated carbocycles. The van der Waals surface area contributed by atoms with E-state index in [-0.39, 0.29) is 25.0 Å². The predicted octanol–water partition coefficient (Wildman–Crippen LogP) is 0.640. The van der Waals surface area contributed by atoms with Gasteiger partial charge in [-0.05, 0) is 25.3 Å². The molecular formula is C12H18N4O. The van der Waals surface area contributed by atoms with Crippen LogP contribution in [0.3, 0.4) is 0 Å². The molecule has 0 radical (unpaired) electrons. The van der Waals surface area contributed by atoms with Gasteiger partial charge in [-0.2, -0.15) is 10.5 Å². The van der Waals surface area contributed by atoms with E-state index in [4.69, 9.17) is 10.5 Å². The standard InChI is InChI=1S/C12H18N4O/c1-2-10-3-6-15-11(9-10)12(17)16(7-4-13)8-5-14/h10-11,15H,2-3,6-9H2,1H3. The molecule has 5 nitrogen and oxygen atoms in total. The highest BCUT2D eigenvalue weighted by molar-refractivity contribution is 5.82. The van der Waals surface area contributed by atoms with Crippen molar-refractivity contribution >= 4 is 5.91 Å². The first-order valence-electron chi connectivity index (χ1n) is 5.99. The van der Waals surface area contributed by atoms with Crippen LogP contribution in [0.2, 0.25) is 0 Å². The summed E-state index contributed by atoms with van der Waals surface area (Å²) in [6.07, 6.45) is 2.97. The first kappa shape index (κ1) is 13.5. The minimum Gasteiger partial charge on any atom is -0.315 e. The molecule has 2 unspecified atom stereocenters. The topological polar surface area (TPSA) is 79.9 Å². The molecular weight excluding hydrogens is 216 g/mol. The molecule has 0 bridgehead atoms. The first-order valence-corrected chi connectivity index (χ1v) is 5.99. The summed E-state index contributed by atoms with van der Waals surface area (Å²) in [5, 5.41) is 20.4. The molecule has 1 saturated heterocycles. The van der Waals surface area contributed by atoms with Gasteiger partial charge >= 0.3 is 0 Å². The summed E-state index contributed by atoms with van der Waals surface area (Å²) in [4.78, 5) is 13.4. The number of hydrogen-bond acceptors (Lipinski definition) is 4. The van der Waals surface area contributed by atoms with E-state index in [1.165, 1.54) is 4.90 Å². The van der Waals surface area contributed by atoms with E-state index in [1.54, 1.807) is 0 Å². The van der Waals surface area contributed by atoms with Crippen molar-refractivity contribution in [2.75, 3.05) is 19.6 Å². The number of nitrogens with zero attached hydrogens (tertiary/aromatic N) is 3. The zero-order valence-electron chi connectivity index (χ0n) is 10.1. The van der Waals surface area contributed by atoms with Gasteiger partial charge in [-0.3, -0.25) is 4.79 Å². The summed E-state index contributed by atoms with van der Waals surface area (Å²) in [5.74, 6) is 0.447. The smallest absolute Gasteiger partial charge is 0.241 e. The molecule has 0 aromatic carbocycles. The Morgan fingerprint density at radius 1 is 1.41 bits per heavy atom. The molecule has 0 aromatic heterocycles. The fraction of sp³-hybridized carbons (Fsp3) is 0.750. The number of hydrogen-bond donors (Lipinski definition) is 1. The third-order valence-corrected chi connectivity index (χ3v) is 3.22. The van der Waals surface area contributed by atoms with Gasteiger partial charge in [-0.25, -0.2) is 0 Å². The Hall–Kier alpha value is -1.59. The molecule has 92 valence electrons. The fourth-order valence-electron chi connectivity index (χ4n) is 2.16. The molecule has 1 amide bonds. The predicted molar refractivity (Wildman–Crippen MR) is 62.6 cm³/mol. The van der Waals surface area contributed by atoms with Crippen LogP contribution in [0.15, 0.2) is 0 Å². The summed E-state index contributed by atoms with van der Waals surface area (Å²) in [5.41, 5.74) is 0. The highest BCUT2D eigenvalue weighted by atomic mass is 16.2. The van der Waals surface area contributed by atoms with Gasteiger partial charge in [0.05, 0.1) is 18.2 Å². The van der Waals surface area contributed by atoms with Crippen LogP contribution in [0.1, 0.15) is 26.2 Å². The second-order valence-corrected chi connectivity index (χ2v) is 4.32. The van der Waals surface area contributed by atoms with Gasteiger partial charge in [-0.1, -0.05) is 13.3 Å². The van der Waals surface area contributed by atoms with Crippen LogP contribution in [-0.4, -0.2) is 36.5 Å². The average Bonchev–Trinajstić information content (AvgIpc) is 2.38. The molecule has 0 spiro atoms. The molecule has 1 rings (SSSR count). The van der Waals surface area contributed by atoms with Crippen LogP contribution in [-0.2, 0) is 4.79 Å². The van der Waals surface area contributed by atoms with Crippen LogP contribution in [0.4, 0.5) is 0 Å². The number of amides is 1. The van der Waals surface area contributed by atoms with Crippen LogP contribution in [0, 0.1) is 28.6 Å². The molecule has 1 heterocycles. The summed E-state index contributed by atoms with van der Waals surface area (Å²) in [6, 6.07) is 3.62. The zero-order valence-corrected chi connectivity index (χ0v) is 10.1. The Kier molecular flexibility index (Phi) is 5.45. The van der Waals surface area contributed by atoms with Gasteiger partial charge in [0.25, 0.3) is 0 Å². The molecule has 0 aromatic rings. The maximum atomic E-state index is 12.1. The second kappa shape index (κ2) is 6.88. The van der Waals surface area contributed by atoms with Gasteiger partial charge < -0.3 is 10.2 Å². The van der Waals surface area contributed by atoms with Crippen molar-refractivity contribution in [2.45, 2.75) is 32.2 Å². The van der Waals surface area contributed by atoms with Crippen molar-refractivity contribution in [3.05, 3.63) is 0 Å². The Balaban J connectivity index is 2.60. The lowest BCUT2D eigenvalue weighted by atomic mass is 9.90. The van der Waals surface area contributed by atoms with E-state index in [0.717, 1.165) is 25.8 Å². The zero-order chi connectivity index (χ0) is 12.7. The van der Waals surface area contributed by atoms with E-state index in [1.807, 2.05) is 12.1 Å². The van der Waals surface area contributed by atoms with Gasteiger partial charge in [0, 0.05) is 0 Å². The van der Waals surface area contributed by atoms with Crippen molar-refractivity contribution in [3.8, 4) is 12.1 Å². The highest BCUT2D eigenvalue weighted by Gasteiger charge is 2.29. The number of nitriles is 2. The van der Waals surface area contributed by atoms with E-state index in [2.05, 4.69) is 12.2 Å². The molecule has 5 heteroatoms. The Labute approximate surface area is 102 Å². The summed E-state index contributed by atoms with van der Waals surface area (Å²) in [7, 11) is 0. The Bertz CT molecular complexity index is 325. The normalized spacial score (nSPS) is 23.5. The van der Waals surface area contributed by atoms with Crippen LogP contribution >= 0.6 is 0 Å².